The van der Waals surface area contributed by atoms with Crippen LogP contribution in [0.3, 0.4) is 0 Å². The Balaban J connectivity index is 2.96. The highest BCUT2D eigenvalue weighted by Crippen LogP contribution is 2.17. The number of carboxylic acid groups (broad SMARTS) is 1. The Morgan fingerprint density at radius 2 is 1.89 bits per heavy atom. The molecule has 108 valence electrons. The number of nitrogens with one attached hydrogen (secondary N) is 1. The monoisotopic (exact) mass is 272 g/mol. The molecule has 19 heavy (non-hydrogen) atoms. The third kappa shape index (κ3) is 3.51. The van der Waals surface area contributed by atoms with Gasteiger partial charge in [-0.1, -0.05) is 13.8 Å². The van der Waals surface area contributed by atoms with Crippen LogP contribution in [0, 0.1) is 5.92 Å². The number of carbonyl (C=O) groups excluding carboxylic acids is 2. The van der Waals surface area contributed by atoms with Crippen molar-refractivity contribution in [1.29, 1.82) is 0 Å². The number of hydrogen-bond acceptors (Lipinski definition) is 5. The van der Waals surface area contributed by atoms with E-state index in [9.17, 15) is 24.6 Å². The molecule has 2 amide bonds. The fourth-order valence-corrected chi connectivity index (χ4v) is 2.25. The van der Waals surface area contributed by atoms with Crippen LogP contribution in [0.15, 0.2) is 0 Å². The zero-order chi connectivity index (χ0) is 14.7. The summed E-state index contributed by atoms with van der Waals surface area (Å²) in [4.78, 5) is 35.9. The van der Waals surface area contributed by atoms with E-state index in [1.807, 2.05) is 0 Å². The van der Waals surface area contributed by atoms with E-state index in [2.05, 4.69) is 5.32 Å². The highest BCUT2D eigenvalue weighted by molar-refractivity contribution is 6.00. The first-order valence-electron chi connectivity index (χ1n) is 6.23. The number of carbonyl (C=O) groups is 3. The molecule has 0 aromatic rings. The first kappa shape index (κ1) is 15.6. The molecule has 7 heteroatoms. The van der Waals surface area contributed by atoms with E-state index in [1.54, 1.807) is 13.8 Å². The maximum atomic E-state index is 12.3. The van der Waals surface area contributed by atoms with Crippen molar-refractivity contribution in [2.45, 2.75) is 45.4 Å². The van der Waals surface area contributed by atoms with Crippen molar-refractivity contribution in [1.82, 2.24) is 10.2 Å². The summed E-state index contributed by atoms with van der Waals surface area (Å²) in [5.74, 6) is -2.80. The molecule has 0 aromatic carbocycles. The van der Waals surface area contributed by atoms with E-state index in [0.29, 0.717) is 0 Å². The minimum Gasteiger partial charge on any atom is -0.480 e. The molecule has 1 fully saturated rings. The van der Waals surface area contributed by atoms with Gasteiger partial charge in [0.2, 0.25) is 11.8 Å². The van der Waals surface area contributed by atoms with Gasteiger partial charge in [-0.3, -0.25) is 14.5 Å². The second-order valence-electron chi connectivity index (χ2n) is 5.10. The van der Waals surface area contributed by atoms with Gasteiger partial charge in [-0.2, -0.15) is 0 Å². The molecule has 1 aliphatic rings. The average Bonchev–Trinajstić information content (AvgIpc) is 2.70. The molecule has 3 N–H and O–H groups in total. The summed E-state index contributed by atoms with van der Waals surface area (Å²) in [5.41, 5.74) is 0. The molecule has 0 aliphatic carbocycles. The van der Waals surface area contributed by atoms with Crippen molar-refractivity contribution in [2.24, 2.45) is 5.92 Å². The van der Waals surface area contributed by atoms with Crippen molar-refractivity contribution in [3.63, 3.8) is 0 Å². The SMILES string of the molecule is CC(=O)N(C(=O)C1CC(O)CN1)C(C(=O)O)C(C)C. The van der Waals surface area contributed by atoms with Crippen LogP contribution < -0.4 is 5.32 Å². The van der Waals surface area contributed by atoms with Crippen LogP contribution in [-0.2, 0) is 14.4 Å². The summed E-state index contributed by atoms with van der Waals surface area (Å²) in [6.07, 6.45) is -0.461. The van der Waals surface area contributed by atoms with Gasteiger partial charge in [-0.15, -0.1) is 0 Å². The fraction of sp³-hybridized carbons (Fsp3) is 0.750. The highest BCUT2D eigenvalue weighted by Gasteiger charge is 2.40. The Morgan fingerprint density at radius 1 is 1.32 bits per heavy atom. The van der Waals surface area contributed by atoms with Gasteiger partial charge in [-0.05, 0) is 12.3 Å². The lowest BCUT2D eigenvalue weighted by Crippen LogP contribution is -2.55. The summed E-state index contributed by atoms with van der Waals surface area (Å²) < 4.78 is 0. The molecule has 1 rings (SSSR count). The van der Waals surface area contributed by atoms with Crippen LogP contribution in [0.2, 0.25) is 0 Å². The van der Waals surface area contributed by atoms with Crippen LogP contribution in [0.25, 0.3) is 0 Å². The van der Waals surface area contributed by atoms with E-state index in [0.717, 1.165) is 4.90 Å². The summed E-state index contributed by atoms with van der Waals surface area (Å²) in [6, 6.07) is -1.90. The minimum absolute atomic E-state index is 0.188. The number of rotatable bonds is 4. The van der Waals surface area contributed by atoms with Gasteiger partial charge in [0, 0.05) is 13.5 Å². The molecule has 0 saturated carbocycles. The predicted molar refractivity (Wildman–Crippen MR) is 66.2 cm³/mol. The number of β-amino-alcohol motifs (C(OH)–C–C–N with tert-alkyl or cyclic N) is 1. The van der Waals surface area contributed by atoms with E-state index < -0.39 is 41.9 Å². The van der Waals surface area contributed by atoms with Gasteiger partial charge in [0.1, 0.15) is 6.04 Å². The molecule has 1 saturated heterocycles. The number of imide groups is 1. The molecule has 0 bridgehead atoms. The Morgan fingerprint density at radius 3 is 2.21 bits per heavy atom. The zero-order valence-corrected chi connectivity index (χ0v) is 11.3. The number of aliphatic hydroxyl groups excluding tert-OH is 1. The number of amides is 2. The first-order chi connectivity index (χ1) is 8.75. The maximum absolute atomic E-state index is 12.3. The van der Waals surface area contributed by atoms with Gasteiger partial charge in [-0.25, -0.2) is 4.79 Å². The molecule has 3 unspecified atom stereocenters. The lowest BCUT2D eigenvalue weighted by atomic mass is 10.0. The van der Waals surface area contributed by atoms with Crippen molar-refractivity contribution in [3.8, 4) is 0 Å². The molecule has 1 heterocycles. The number of aliphatic hydroxyl groups is 1. The predicted octanol–water partition coefficient (Wildman–Crippen LogP) is -0.806. The summed E-state index contributed by atoms with van der Waals surface area (Å²) in [5, 5.41) is 21.4. The molecule has 3 atom stereocenters. The lowest BCUT2D eigenvalue weighted by molar-refractivity contribution is -0.160. The van der Waals surface area contributed by atoms with Crippen molar-refractivity contribution in [2.75, 3.05) is 6.54 Å². The number of aliphatic carboxylic acids is 1. The largest absolute Gasteiger partial charge is 0.480 e. The molecule has 7 nitrogen and oxygen atoms in total. The Hall–Kier alpha value is -1.47. The average molecular weight is 272 g/mol. The van der Waals surface area contributed by atoms with Gasteiger partial charge in [0.05, 0.1) is 12.1 Å². The molecule has 0 radical (unpaired) electrons. The van der Waals surface area contributed by atoms with Crippen molar-refractivity contribution < 1.29 is 24.6 Å². The Bertz CT molecular complexity index is 382. The number of carboxylic acids is 1. The van der Waals surface area contributed by atoms with Crippen LogP contribution >= 0.6 is 0 Å². The Kier molecular flexibility index (Phi) is 5.02. The molecular formula is C12H20N2O5. The van der Waals surface area contributed by atoms with Crippen molar-refractivity contribution in [3.05, 3.63) is 0 Å². The topological polar surface area (TPSA) is 107 Å². The number of nitrogens with zero attached hydrogens (tertiary/aromatic N) is 1. The second kappa shape index (κ2) is 6.12. The van der Waals surface area contributed by atoms with Crippen LogP contribution in [-0.4, -0.2) is 57.6 Å². The highest BCUT2D eigenvalue weighted by atomic mass is 16.4. The fourth-order valence-electron chi connectivity index (χ4n) is 2.25. The summed E-state index contributed by atoms with van der Waals surface area (Å²) in [7, 11) is 0. The van der Waals surface area contributed by atoms with Gasteiger partial charge in [0.15, 0.2) is 0 Å². The second-order valence-corrected chi connectivity index (χ2v) is 5.10. The van der Waals surface area contributed by atoms with E-state index >= 15 is 0 Å². The van der Waals surface area contributed by atoms with Crippen LogP contribution in [0.5, 0.6) is 0 Å². The normalized spacial score (nSPS) is 24.3. The first-order valence-corrected chi connectivity index (χ1v) is 6.23. The zero-order valence-electron chi connectivity index (χ0n) is 11.3. The molecule has 0 spiro atoms. The van der Waals surface area contributed by atoms with Crippen LogP contribution in [0.4, 0.5) is 0 Å². The maximum Gasteiger partial charge on any atom is 0.327 e. The van der Waals surface area contributed by atoms with Gasteiger partial charge >= 0.3 is 5.97 Å². The summed E-state index contributed by atoms with van der Waals surface area (Å²) >= 11 is 0. The van der Waals surface area contributed by atoms with Gasteiger partial charge < -0.3 is 15.5 Å². The third-order valence-electron chi connectivity index (χ3n) is 3.15. The Labute approximate surface area is 111 Å². The molecule has 0 aromatic heterocycles. The van der Waals surface area contributed by atoms with Gasteiger partial charge in [0.25, 0.3) is 0 Å². The minimum atomic E-state index is -1.21. The molecular weight excluding hydrogens is 252 g/mol. The number of hydrogen-bond donors (Lipinski definition) is 3. The van der Waals surface area contributed by atoms with Crippen LogP contribution in [0.1, 0.15) is 27.2 Å². The lowest BCUT2D eigenvalue weighted by Gasteiger charge is -2.30. The van der Waals surface area contributed by atoms with Crippen molar-refractivity contribution >= 4 is 17.8 Å². The molecule has 1 aliphatic heterocycles. The third-order valence-corrected chi connectivity index (χ3v) is 3.15. The standard InChI is InChI=1S/C12H20N2O5/c1-6(2)10(12(18)19)14(7(3)15)11(17)9-4-8(16)5-13-9/h6,8-10,13,16H,4-5H2,1-3H3,(H,18,19). The smallest absolute Gasteiger partial charge is 0.327 e. The van der Waals surface area contributed by atoms with E-state index in [4.69, 9.17) is 0 Å². The van der Waals surface area contributed by atoms with E-state index in [-0.39, 0.29) is 13.0 Å². The quantitative estimate of drug-likeness (QED) is 0.618. The van der Waals surface area contributed by atoms with E-state index in [1.165, 1.54) is 6.92 Å². The summed E-state index contributed by atoms with van der Waals surface area (Å²) in [6.45, 7) is 4.71.